The van der Waals surface area contributed by atoms with E-state index in [9.17, 15) is 19.8 Å². The monoisotopic (exact) mass is 338 g/mol. The van der Waals surface area contributed by atoms with Crippen LogP contribution < -0.4 is 9.84 Å². The number of thioether (sulfide) groups is 1. The van der Waals surface area contributed by atoms with Gasteiger partial charge in [0, 0.05) is 0 Å². The zero-order chi connectivity index (χ0) is 16.3. The maximum Gasteiger partial charge on any atom is 0.266 e. The Bertz CT molecular complexity index is 671. The fourth-order valence-electron chi connectivity index (χ4n) is 1.81. The van der Waals surface area contributed by atoms with Gasteiger partial charge in [-0.1, -0.05) is 30.0 Å². The van der Waals surface area contributed by atoms with E-state index in [0.717, 1.165) is 16.7 Å². The number of carbonyl (C=O) groups excluding carboxylic acids is 2. The molecule has 2 rings (SSSR count). The second kappa shape index (κ2) is 6.80. The second-order valence-electron chi connectivity index (χ2n) is 4.30. The topological polar surface area (TPSA) is 89.9 Å². The van der Waals surface area contributed by atoms with E-state index in [-0.39, 0.29) is 10.1 Å². The lowest BCUT2D eigenvalue weighted by molar-refractivity contribution is -0.305. The summed E-state index contributed by atoms with van der Waals surface area (Å²) in [4.78, 5) is 24.0. The van der Waals surface area contributed by atoms with Gasteiger partial charge in [-0.3, -0.25) is 9.69 Å². The van der Waals surface area contributed by atoms with Crippen molar-refractivity contribution < 1.29 is 24.5 Å². The van der Waals surface area contributed by atoms with Crippen molar-refractivity contribution in [2.24, 2.45) is 0 Å². The van der Waals surface area contributed by atoms with Gasteiger partial charge in [0.2, 0.25) is 0 Å². The maximum absolute atomic E-state index is 12.1. The minimum absolute atomic E-state index is 0.00324. The molecule has 116 valence electrons. The zero-order valence-corrected chi connectivity index (χ0v) is 13.2. The summed E-state index contributed by atoms with van der Waals surface area (Å²) in [6, 6.07) is 4.66. The second-order valence-corrected chi connectivity index (χ2v) is 5.98. The Morgan fingerprint density at radius 2 is 2.27 bits per heavy atom. The van der Waals surface area contributed by atoms with Crippen molar-refractivity contribution in [2.75, 3.05) is 13.2 Å². The molecule has 1 aromatic carbocycles. The number of hydrogen-bond donors (Lipinski definition) is 1. The van der Waals surface area contributed by atoms with Gasteiger partial charge in [0.15, 0.2) is 11.5 Å². The molecule has 1 saturated heterocycles. The standard InChI is InChI=1S/C14H13NO5S2/c1-2-20-10-5-8(3-4-9(10)16)6-11-13(19)15(7-12(17)18)14(21)22-11/h3-6,16H,2,7H2,1H3,(H,17,18)/p-1. The summed E-state index contributed by atoms with van der Waals surface area (Å²) in [6.07, 6.45) is 1.57. The lowest BCUT2D eigenvalue weighted by Gasteiger charge is -2.14. The Morgan fingerprint density at radius 1 is 1.55 bits per heavy atom. The predicted molar refractivity (Wildman–Crippen MR) is 84.2 cm³/mol. The van der Waals surface area contributed by atoms with Crippen LogP contribution in [0.15, 0.2) is 23.1 Å². The quantitative estimate of drug-likeness (QED) is 0.625. The largest absolute Gasteiger partial charge is 0.548 e. The fourth-order valence-corrected chi connectivity index (χ4v) is 3.06. The molecule has 0 aliphatic carbocycles. The zero-order valence-electron chi connectivity index (χ0n) is 11.6. The minimum Gasteiger partial charge on any atom is -0.548 e. The molecule has 0 atom stereocenters. The molecule has 6 nitrogen and oxygen atoms in total. The third kappa shape index (κ3) is 3.58. The number of thiocarbonyl (C=S) groups is 1. The van der Waals surface area contributed by atoms with E-state index in [0.29, 0.717) is 22.8 Å². The molecule has 1 heterocycles. The van der Waals surface area contributed by atoms with Crippen molar-refractivity contribution in [3.63, 3.8) is 0 Å². The summed E-state index contributed by atoms with van der Waals surface area (Å²) in [5.74, 6) is -1.55. The molecular formula is C14H12NO5S2-. The average Bonchev–Trinajstić information content (AvgIpc) is 2.70. The highest BCUT2D eigenvalue weighted by molar-refractivity contribution is 8.26. The first-order valence-electron chi connectivity index (χ1n) is 6.33. The highest BCUT2D eigenvalue weighted by Gasteiger charge is 2.31. The Balaban J connectivity index is 2.26. The Hall–Kier alpha value is -2.06. The maximum atomic E-state index is 12.1. The summed E-state index contributed by atoms with van der Waals surface area (Å²) in [5.41, 5.74) is 0.634. The molecule has 1 aliphatic heterocycles. The highest BCUT2D eigenvalue weighted by atomic mass is 32.2. The number of carbonyl (C=O) groups is 2. The number of nitrogens with zero attached hydrogens (tertiary/aromatic N) is 1. The molecule has 1 N–H and O–H groups in total. The molecular weight excluding hydrogens is 326 g/mol. The molecule has 1 amide bonds. The van der Waals surface area contributed by atoms with E-state index >= 15 is 0 Å². The number of hydrogen-bond acceptors (Lipinski definition) is 7. The molecule has 1 aliphatic rings. The van der Waals surface area contributed by atoms with Crippen LogP contribution in [0.5, 0.6) is 11.5 Å². The molecule has 0 saturated carbocycles. The normalized spacial score (nSPS) is 16.4. The van der Waals surface area contributed by atoms with E-state index in [4.69, 9.17) is 17.0 Å². The number of phenols is 1. The fraction of sp³-hybridized carbons (Fsp3) is 0.214. The van der Waals surface area contributed by atoms with Crippen LogP contribution in [0.4, 0.5) is 0 Å². The molecule has 22 heavy (non-hydrogen) atoms. The summed E-state index contributed by atoms with van der Waals surface area (Å²) in [7, 11) is 0. The van der Waals surface area contributed by atoms with E-state index in [2.05, 4.69) is 0 Å². The van der Waals surface area contributed by atoms with Crippen molar-refractivity contribution in [3.05, 3.63) is 28.7 Å². The molecule has 0 bridgehead atoms. The lowest BCUT2D eigenvalue weighted by Crippen LogP contribution is -2.40. The number of aromatic hydroxyl groups is 1. The number of carboxylic acid groups (broad SMARTS) is 1. The molecule has 1 aromatic rings. The van der Waals surface area contributed by atoms with Crippen LogP contribution in [0.25, 0.3) is 6.08 Å². The minimum atomic E-state index is -1.37. The first-order valence-corrected chi connectivity index (χ1v) is 7.56. The van der Waals surface area contributed by atoms with Gasteiger partial charge in [-0.05, 0) is 30.7 Å². The predicted octanol–water partition coefficient (Wildman–Crippen LogP) is 0.742. The smallest absolute Gasteiger partial charge is 0.266 e. The summed E-state index contributed by atoms with van der Waals surface area (Å²) < 4.78 is 5.44. The summed E-state index contributed by atoms with van der Waals surface area (Å²) in [6.45, 7) is 1.61. The molecule has 0 spiro atoms. The van der Waals surface area contributed by atoms with Crippen LogP contribution in [0.3, 0.4) is 0 Å². The average molecular weight is 338 g/mol. The van der Waals surface area contributed by atoms with Crippen LogP contribution >= 0.6 is 24.0 Å². The van der Waals surface area contributed by atoms with Crippen LogP contribution in [-0.2, 0) is 9.59 Å². The number of ether oxygens (including phenoxy) is 1. The van der Waals surface area contributed by atoms with Crippen LogP contribution in [0.1, 0.15) is 12.5 Å². The molecule has 0 radical (unpaired) electrons. The van der Waals surface area contributed by atoms with Gasteiger partial charge in [-0.2, -0.15) is 0 Å². The van der Waals surface area contributed by atoms with Crippen molar-refractivity contribution in [2.45, 2.75) is 6.92 Å². The van der Waals surface area contributed by atoms with Gasteiger partial charge in [0.25, 0.3) is 5.91 Å². The molecule has 0 aromatic heterocycles. The van der Waals surface area contributed by atoms with Crippen molar-refractivity contribution in [3.8, 4) is 11.5 Å². The Kier molecular flexibility index (Phi) is 5.04. The third-order valence-corrected chi connectivity index (χ3v) is 4.12. The summed E-state index contributed by atoms with van der Waals surface area (Å²) >= 11 is 6.01. The lowest BCUT2D eigenvalue weighted by atomic mass is 10.2. The van der Waals surface area contributed by atoms with Gasteiger partial charge < -0.3 is 19.7 Å². The summed E-state index contributed by atoms with van der Waals surface area (Å²) in [5, 5.41) is 20.3. The molecule has 8 heteroatoms. The first kappa shape index (κ1) is 16.3. The van der Waals surface area contributed by atoms with Gasteiger partial charge in [-0.15, -0.1) is 0 Å². The number of carboxylic acids is 1. The van der Waals surface area contributed by atoms with Gasteiger partial charge in [0.1, 0.15) is 4.32 Å². The van der Waals surface area contributed by atoms with Crippen LogP contribution in [-0.4, -0.2) is 39.4 Å². The number of amides is 1. The van der Waals surface area contributed by atoms with E-state index in [1.807, 2.05) is 0 Å². The van der Waals surface area contributed by atoms with Gasteiger partial charge >= 0.3 is 0 Å². The third-order valence-electron chi connectivity index (χ3n) is 2.74. The molecule has 0 unspecified atom stereocenters. The van der Waals surface area contributed by atoms with Gasteiger partial charge in [0.05, 0.1) is 24.0 Å². The Labute approximate surface area is 136 Å². The van der Waals surface area contributed by atoms with Gasteiger partial charge in [-0.25, -0.2) is 0 Å². The van der Waals surface area contributed by atoms with Crippen molar-refractivity contribution >= 4 is 46.3 Å². The van der Waals surface area contributed by atoms with E-state index < -0.39 is 18.4 Å². The van der Waals surface area contributed by atoms with Crippen molar-refractivity contribution in [1.29, 1.82) is 0 Å². The SMILES string of the molecule is CCOc1cc(C=C2SC(=S)N(CC(=O)[O-])C2=O)ccc1O. The number of phenolic OH excluding ortho intramolecular Hbond substituents is 1. The number of benzene rings is 1. The molecule has 1 fully saturated rings. The van der Waals surface area contributed by atoms with Crippen LogP contribution in [0, 0.1) is 0 Å². The first-order chi connectivity index (χ1) is 10.4. The van der Waals surface area contributed by atoms with E-state index in [1.165, 1.54) is 6.07 Å². The van der Waals surface area contributed by atoms with Crippen LogP contribution in [0.2, 0.25) is 0 Å². The van der Waals surface area contributed by atoms with Crippen molar-refractivity contribution in [1.82, 2.24) is 4.90 Å². The highest BCUT2D eigenvalue weighted by Crippen LogP contribution is 2.34. The number of aliphatic carboxylic acids is 1. The van der Waals surface area contributed by atoms with E-state index in [1.54, 1.807) is 25.1 Å². The number of rotatable bonds is 5. The Morgan fingerprint density at radius 3 is 2.91 bits per heavy atom.